The van der Waals surface area contributed by atoms with Gasteiger partial charge in [-0.3, -0.25) is 4.79 Å². The van der Waals surface area contributed by atoms with Gasteiger partial charge in [0.25, 0.3) is 0 Å². The van der Waals surface area contributed by atoms with E-state index >= 15 is 0 Å². The summed E-state index contributed by atoms with van der Waals surface area (Å²) in [5.74, 6) is -0.826. The summed E-state index contributed by atoms with van der Waals surface area (Å²) in [6.45, 7) is -3.60. The molecule has 0 aromatic heterocycles. The predicted octanol–water partition coefficient (Wildman–Crippen LogP) is -9.44. The second kappa shape index (κ2) is 27.3. The van der Waals surface area contributed by atoms with Crippen LogP contribution in [0.15, 0.2) is 30.3 Å². The van der Waals surface area contributed by atoms with Crippen LogP contribution in [0.3, 0.4) is 0 Å². The maximum absolute atomic E-state index is 12.6. The number of ether oxygens (including phenoxy) is 11. The summed E-state index contributed by atoms with van der Waals surface area (Å²) in [7, 11) is 0. The van der Waals surface area contributed by atoms with E-state index in [0.717, 1.165) is 12.5 Å². The van der Waals surface area contributed by atoms with Gasteiger partial charge < -0.3 is 139 Å². The Morgan fingerprint density at radius 2 is 0.932 bits per heavy atom. The van der Waals surface area contributed by atoms with E-state index in [9.17, 15) is 86.2 Å². The third kappa shape index (κ3) is 14.1. The Bertz CT molecular complexity index is 1830. The van der Waals surface area contributed by atoms with Gasteiger partial charge in [-0.05, 0) is 12.0 Å². The van der Waals surface area contributed by atoms with Gasteiger partial charge in [-0.1, -0.05) is 30.3 Å². The third-order valence-corrected chi connectivity index (χ3v) is 12.8. The minimum absolute atomic E-state index is 0.0436. The van der Waals surface area contributed by atoms with Crippen molar-refractivity contribution in [3.05, 3.63) is 35.9 Å². The maximum atomic E-state index is 12.6. The van der Waals surface area contributed by atoms with Crippen molar-refractivity contribution in [2.45, 2.75) is 173 Å². The fourth-order valence-corrected chi connectivity index (χ4v) is 8.79. The van der Waals surface area contributed by atoms with Crippen molar-refractivity contribution < 1.29 is 138 Å². The smallest absolute Gasteiger partial charge is 0.407 e. The highest BCUT2D eigenvalue weighted by Crippen LogP contribution is 2.36. The molecule has 418 valence electrons. The molecule has 5 fully saturated rings. The molecule has 25 atom stereocenters. The van der Waals surface area contributed by atoms with E-state index < -0.39 is 199 Å². The van der Waals surface area contributed by atoms with Crippen LogP contribution in [0.4, 0.5) is 4.79 Å². The first-order valence-corrected chi connectivity index (χ1v) is 23.4. The van der Waals surface area contributed by atoms with Crippen molar-refractivity contribution in [2.75, 3.05) is 46.2 Å². The molecule has 17 N–H and O–H groups in total. The van der Waals surface area contributed by atoms with Crippen molar-refractivity contribution in [3.63, 3.8) is 0 Å². The summed E-state index contributed by atoms with van der Waals surface area (Å²) in [4.78, 5) is 24.6. The number of aliphatic hydroxyl groups is 15. The minimum Gasteiger partial charge on any atom is -0.445 e. The molecule has 10 unspecified atom stereocenters. The highest BCUT2D eigenvalue weighted by Gasteiger charge is 2.57. The summed E-state index contributed by atoms with van der Waals surface area (Å²) in [6, 6.07) is 7.22. The van der Waals surface area contributed by atoms with Gasteiger partial charge in [0, 0.05) is 13.5 Å². The summed E-state index contributed by atoms with van der Waals surface area (Å²) in [6.07, 6.45) is -44.6. The lowest BCUT2D eigenvalue weighted by Gasteiger charge is -2.50. The molecular formula is C43H68N2O28. The SMILES string of the molecule is CC(=O)N[C@@H]1C(O[C@@H]2[C@H](O)C(O[C@H]3C(O)C(O)[C@H](OCCCNC(=O)OCc4ccccc4)O[C@H]3CO)OC(CO)[C@@H]2O)OC(CO)[C@@H](O[C@@H]2O[C@@H](CO)[C@H](O)C(O[C@H]3O[C@@H](CO)[C@H](O)C(O)C3O)C2O)[C@@H]1O. The van der Waals surface area contributed by atoms with Crippen molar-refractivity contribution in [1.29, 1.82) is 0 Å². The molecule has 2 amide bonds. The molecule has 0 radical (unpaired) electrons. The van der Waals surface area contributed by atoms with E-state index in [1.165, 1.54) is 0 Å². The first-order chi connectivity index (χ1) is 34.9. The van der Waals surface area contributed by atoms with Gasteiger partial charge in [-0.25, -0.2) is 4.79 Å². The van der Waals surface area contributed by atoms with Crippen LogP contribution in [-0.2, 0) is 63.5 Å². The maximum Gasteiger partial charge on any atom is 0.407 e. The molecule has 5 aliphatic heterocycles. The average molecular weight is 1060 g/mol. The van der Waals surface area contributed by atoms with E-state index in [0.29, 0.717) is 0 Å². The Hall–Kier alpha value is -3.04. The summed E-state index contributed by atoms with van der Waals surface area (Å²) >= 11 is 0. The molecule has 0 aliphatic carbocycles. The first-order valence-electron chi connectivity index (χ1n) is 23.4. The first kappa shape index (κ1) is 59.2. The number of hydrogen-bond donors (Lipinski definition) is 17. The Morgan fingerprint density at radius 1 is 0.493 bits per heavy atom. The van der Waals surface area contributed by atoms with Crippen molar-refractivity contribution in [1.82, 2.24) is 10.6 Å². The molecule has 30 heteroatoms. The highest BCUT2D eigenvalue weighted by molar-refractivity contribution is 5.73. The normalized spacial score (nSPS) is 43.3. The van der Waals surface area contributed by atoms with Crippen molar-refractivity contribution in [2.24, 2.45) is 0 Å². The summed E-state index contributed by atoms with van der Waals surface area (Å²) < 4.78 is 62.1. The monoisotopic (exact) mass is 1060 g/mol. The van der Waals surface area contributed by atoms with Gasteiger partial charge >= 0.3 is 6.09 Å². The van der Waals surface area contributed by atoms with Crippen molar-refractivity contribution >= 4 is 12.0 Å². The van der Waals surface area contributed by atoms with Gasteiger partial charge in [0.2, 0.25) is 5.91 Å². The number of nitrogens with one attached hydrogen (secondary N) is 2. The second-order valence-electron chi connectivity index (χ2n) is 17.9. The van der Waals surface area contributed by atoms with E-state index in [1.807, 2.05) is 6.07 Å². The molecule has 6 rings (SSSR count). The van der Waals surface area contributed by atoms with Gasteiger partial charge in [0.1, 0.15) is 129 Å². The molecule has 73 heavy (non-hydrogen) atoms. The number of carbonyl (C=O) groups is 2. The van der Waals surface area contributed by atoms with Crippen LogP contribution >= 0.6 is 0 Å². The molecule has 1 aromatic rings. The second-order valence-corrected chi connectivity index (χ2v) is 17.9. The van der Waals surface area contributed by atoms with Gasteiger partial charge in [-0.15, -0.1) is 0 Å². The molecule has 0 bridgehead atoms. The average Bonchev–Trinajstić information content (AvgIpc) is 3.38. The molecule has 0 spiro atoms. The van der Waals surface area contributed by atoms with Crippen LogP contribution < -0.4 is 10.6 Å². The Labute approximate surface area is 415 Å². The fraction of sp³-hybridized carbons (Fsp3) is 0.814. The molecule has 5 saturated heterocycles. The van der Waals surface area contributed by atoms with Gasteiger partial charge in [0.15, 0.2) is 31.5 Å². The van der Waals surface area contributed by atoms with E-state index in [-0.39, 0.29) is 26.2 Å². The number of benzene rings is 1. The van der Waals surface area contributed by atoms with Crippen LogP contribution in [-0.4, -0.2) is 288 Å². The Balaban J connectivity index is 1.10. The molecule has 0 saturated carbocycles. The fourth-order valence-electron chi connectivity index (χ4n) is 8.79. The largest absolute Gasteiger partial charge is 0.445 e. The zero-order chi connectivity index (χ0) is 53.3. The van der Waals surface area contributed by atoms with Crippen LogP contribution in [0.1, 0.15) is 18.9 Å². The van der Waals surface area contributed by atoms with Crippen LogP contribution in [0.5, 0.6) is 0 Å². The lowest BCUT2D eigenvalue weighted by molar-refractivity contribution is -0.387. The standard InChI is InChI=1S/C43H68N2O28/c1-16(51)45-23-27(55)34(70-41-33(61)37(26(54)20(12-48)66-41)73-40-30(58)28(56)24(52)18(10-46)65-40)21(13-49)68-38(23)72-36-25(53)19(11-47)67-42(32(36)60)71-35-22(14-50)69-39(31(59)29(35)57)63-9-5-8-44-43(62)64-15-17-6-3-2-4-7-17/h2-4,6-7,18-42,46-50,52-61H,5,8-15H2,1H3,(H,44,62)(H,45,51)/t18-,19?,20-,21?,22-,23-,24-,25-,26-,27+,28?,29?,30?,31?,32-,33?,34+,35+,36-,37?,38?,39+,40+,41-,42?/m0/s1. The number of carbonyl (C=O) groups excluding carboxylic acids is 2. The van der Waals surface area contributed by atoms with Crippen LogP contribution in [0, 0.1) is 0 Å². The third-order valence-electron chi connectivity index (χ3n) is 12.8. The summed E-state index contributed by atoms with van der Waals surface area (Å²) in [5.41, 5.74) is 0.779. The van der Waals surface area contributed by atoms with Crippen LogP contribution in [0.25, 0.3) is 0 Å². The lowest BCUT2D eigenvalue weighted by atomic mass is 9.94. The minimum atomic E-state index is -2.11. The number of hydrogen-bond acceptors (Lipinski definition) is 28. The quantitative estimate of drug-likeness (QED) is 0.0508. The molecule has 30 nitrogen and oxygen atoms in total. The molecule has 5 aliphatic rings. The number of rotatable bonds is 21. The lowest BCUT2D eigenvalue weighted by Crippen LogP contribution is -2.70. The zero-order valence-electron chi connectivity index (χ0n) is 39.2. The topological polar surface area (TPSA) is 463 Å². The van der Waals surface area contributed by atoms with E-state index in [1.54, 1.807) is 24.3 Å². The highest BCUT2D eigenvalue weighted by atomic mass is 16.8. The van der Waals surface area contributed by atoms with Crippen molar-refractivity contribution in [3.8, 4) is 0 Å². The zero-order valence-corrected chi connectivity index (χ0v) is 39.2. The Kier molecular flexibility index (Phi) is 22.2. The molecule has 1 aromatic carbocycles. The molecular weight excluding hydrogens is 992 g/mol. The van der Waals surface area contributed by atoms with E-state index in [4.69, 9.17) is 52.1 Å². The predicted molar refractivity (Wildman–Crippen MR) is 231 cm³/mol. The van der Waals surface area contributed by atoms with Gasteiger partial charge in [0.05, 0.1) is 39.6 Å². The summed E-state index contributed by atoms with van der Waals surface area (Å²) in [5, 5.41) is 166. The number of amides is 2. The Morgan fingerprint density at radius 3 is 1.45 bits per heavy atom. The van der Waals surface area contributed by atoms with Gasteiger partial charge in [-0.2, -0.15) is 0 Å². The van der Waals surface area contributed by atoms with Crippen LogP contribution in [0.2, 0.25) is 0 Å². The van der Waals surface area contributed by atoms with E-state index in [2.05, 4.69) is 10.6 Å². The number of alkyl carbamates (subject to hydrolysis) is 1. The molecule has 5 heterocycles. The number of aliphatic hydroxyl groups excluding tert-OH is 15.